The fraction of sp³-hybridized carbons (Fsp3) is 0.0769. The summed E-state index contributed by atoms with van der Waals surface area (Å²) in [4.78, 5) is 0. The van der Waals surface area contributed by atoms with Gasteiger partial charge in [-0.3, -0.25) is 9.67 Å². The number of nitrogens with one attached hydrogen (secondary N) is 1. The second kappa shape index (κ2) is 4.27. The van der Waals surface area contributed by atoms with Crippen LogP contribution in [-0.4, -0.2) is 14.8 Å². The van der Waals surface area contributed by atoms with Gasteiger partial charge >= 0.3 is 0 Å². The van der Waals surface area contributed by atoms with Gasteiger partial charge in [-0.2, -0.15) is 5.10 Å². The van der Waals surface area contributed by atoms with Gasteiger partial charge in [-0.1, -0.05) is 18.2 Å². The highest BCUT2D eigenvalue weighted by molar-refractivity contribution is 7.71. The Labute approximate surface area is 109 Å². The van der Waals surface area contributed by atoms with Crippen LogP contribution in [0.2, 0.25) is 0 Å². The Morgan fingerprint density at radius 2 is 2.06 bits per heavy atom. The van der Waals surface area contributed by atoms with Crippen molar-refractivity contribution in [2.45, 2.75) is 6.92 Å². The second-order valence-corrected chi connectivity index (χ2v) is 4.36. The van der Waals surface area contributed by atoms with Gasteiger partial charge in [-0.25, -0.2) is 0 Å². The van der Waals surface area contributed by atoms with E-state index < -0.39 is 0 Å². The molecule has 0 amide bonds. The van der Waals surface area contributed by atoms with Crippen molar-refractivity contribution in [2.24, 2.45) is 0 Å². The van der Waals surface area contributed by atoms with Crippen molar-refractivity contribution in [3.05, 3.63) is 53.2 Å². The summed E-state index contributed by atoms with van der Waals surface area (Å²) >= 11 is 5.28. The van der Waals surface area contributed by atoms with E-state index >= 15 is 0 Å². The van der Waals surface area contributed by atoms with E-state index in [0.29, 0.717) is 4.77 Å². The highest BCUT2D eigenvalue weighted by Crippen LogP contribution is 2.23. The molecule has 3 aromatic rings. The first-order valence-corrected chi connectivity index (χ1v) is 5.95. The summed E-state index contributed by atoms with van der Waals surface area (Å²) in [5, 5.41) is 7.08. The molecule has 18 heavy (non-hydrogen) atoms. The lowest BCUT2D eigenvalue weighted by atomic mass is 10.2. The topological polar surface area (TPSA) is 46.8 Å². The van der Waals surface area contributed by atoms with Gasteiger partial charge in [-0.05, 0) is 37.3 Å². The van der Waals surface area contributed by atoms with Crippen LogP contribution in [0.15, 0.2) is 47.1 Å². The Hall–Kier alpha value is -2.14. The molecule has 0 saturated heterocycles. The largest absolute Gasteiger partial charge is 0.469 e. The number of benzene rings is 1. The molecule has 5 heteroatoms. The molecule has 0 aliphatic rings. The van der Waals surface area contributed by atoms with E-state index in [1.807, 2.05) is 47.9 Å². The van der Waals surface area contributed by atoms with Gasteiger partial charge in [0.05, 0.1) is 5.56 Å². The molecule has 2 aromatic heterocycles. The Balaban J connectivity index is 2.22. The molecule has 3 rings (SSSR count). The summed E-state index contributed by atoms with van der Waals surface area (Å²) < 4.78 is 7.77. The lowest BCUT2D eigenvalue weighted by Crippen LogP contribution is -1.96. The number of aryl methyl sites for hydroxylation is 1. The molecule has 0 bridgehead atoms. The van der Waals surface area contributed by atoms with Crippen molar-refractivity contribution < 1.29 is 4.42 Å². The first-order chi connectivity index (χ1) is 8.75. The predicted molar refractivity (Wildman–Crippen MR) is 71.2 cm³/mol. The molecule has 0 aliphatic carbocycles. The maximum absolute atomic E-state index is 5.32. The zero-order valence-corrected chi connectivity index (χ0v) is 10.6. The number of furan rings is 1. The monoisotopic (exact) mass is 257 g/mol. The first kappa shape index (κ1) is 11.0. The van der Waals surface area contributed by atoms with Crippen molar-refractivity contribution in [3.8, 4) is 17.1 Å². The molecule has 0 saturated carbocycles. The molecule has 0 aliphatic heterocycles. The standard InChI is InChI=1S/C13H11N3OS/c1-9-7-10(8-17-9)12-14-15-13(18)16(12)11-5-3-2-4-6-11/h2-8H,1H3,(H,15,18). The van der Waals surface area contributed by atoms with Gasteiger partial charge in [0.25, 0.3) is 0 Å². The smallest absolute Gasteiger partial charge is 0.200 e. The van der Waals surface area contributed by atoms with Crippen LogP contribution in [0.1, 0.15) is 5.76 Å². The lowest BCUT2D eigenvalue weighted by Gasteiger charge is -2.04. The van der Waals surface area contributed by atoms with Crippen LogP contribution in [0.3, 0.4) is 0 Å². The summed E-state index contributed by atoms with van der Waals surface area (Å²) in [5.41, 5.74) is 1.88. The third kappa shape index (κ3) is 1.78. The average Bonchev–Trinajstić information content (AvgIpc) is 2.96. The lowest BCUT2D eigenvalue weighted by molar-refractivity contribution is 0.534. The minimum absolute atomic E-state index is 0.565. The fourth-order valence-corrected chi connectivity index (χ4v) is 2.11. The number of para-hydroxylation sites is 1. The third-order valence-electron chi connectivity index (χ3n) is 2.68. The fourth-order valence-electron chi connectivity index (χ4n) is 1.87. The van der Waals surface area contributed by atoms with E-state index in [9.17, 15) is 0 Å². The molecule has 1 N–H and O–H groups in total. The van der Waals surface area contributed by atoms with E-state index in [2.05, 4.69) is 10.2 Å². The Kier molecular flexibility index (Phi) is 2.60. The number of hydrogen-bond donors (Lipinski definition) is 1. The van der Waals surface area contributed by atoms with Crippen molar-refractivity contribution in [3.63, 3.8) is 0 Å². The van der Waals surface area contributed by atoms with E-state index in [1.165, 1.54) is 0 Å². The summed E-state index contributed by atoms with van der Waals surface area (Å²) in [6.07, 6.45) is 1.68. The summed E-state index contributed by atoms with van der Waals surface area (Å²) in [5.74, 6) is 1.60. The molecule has 0 atom stereocenters. The Morgan fingerprint density at radius 1 is 1.28 bits per heavy atom. The van der Waals surface area contributed by atoms with Crippen molar-refractivity contribution >= 4 is 12.2 Å². The third-order valence-corrected chi connectivity index (χ3v) is 2.95. The molecular weight excluding hydrogens is 246 g/mol. The number of H-pyrrole nitrogens is 1. The van der Waals surface area contributed by atoms with Crippen LogP contribution < -0.4 is 0 Å². The van der Waals surface area contributed by atoms with Crippen molar-refractivity contribution in [1.29, 1.82) is 0 Å². The molecule has 0 radical (unpaired) electrons. The van der Waals surface area contributed by atoms with Crippen LogP contribution in [0.5, 0.6) is 0 Å². The summed E-state index contributed by atoms with van der Waals surface area (Å²) in [6.45, 7) is 1.90. The number of aromatic amines is 1. The van der Waals surface area contributed by atoms with Crippen molar-refractivity contribution in [2.75, 3.05) is 0 Å². The van der Waals surface area contributed by atoms with E-state index in [1.54, 1.807) is 6.26 Å². The molecule has 4 nitrogen and oxygen atoms in total. The SMILES string of the molecule is Cc1cc(-c2n[nH]c(=S)n2-c2ccccc2)co1. The van der Waals surface area contributed by atoms with Crippen LogP contribution >= 0.6 is 12.2 Å². The van der Waals surface area contributed by atoms with Gasteiger partial charge in [0.15, 0.2) is 10.6 Å². The van der Waals surface area contributed by atoms with E-state index in [-0.39, 0.29) is 0 Å². The minimum Gasteiger partial charge on any atom is -0.469 e. The molecule has 2 heterocycles. The number of hydrogen-bond acceptors (Lipinski definition) is 3. The molecular formula is C13H11N3OS. The average molecular weight is 257 g/mol. The Bertz CT molecular complexity index is 724. The van der Waals surface area contributed by atoms with E-state index in [0.717, 1.165) is 22.8 Å². The van der Waals surface area contributed by atoms with Gasteiger partial charge < -0.3 is 4.42 Å². The molecule has 0 unspecified atom stereocenters. The van der Waals surface area contributed by atoms with Gasteiger partial charge in [0, 0.05) is 5.69 Å². The summed E-state index contributed by atoms with van der Waals surface area (Å²) in [7, 11) is 0. The van der Waals surface area contributed by atoms with Gasteiger partial charge in [0.1, 0.15) is 12.0 Å². The number of rotatable bonds is 2. The molecule has 0 spiro atoms. The van der Waals surface area contributed by atoms with Crippen LogP contribution in [-0.2, 0) is 0 Å². The van der Waals surface area contributed by atoms with Crippen molar-refractivity contribution in [1.82, 2.24) is 14.8 Å². The minimum atomic E-state index is 0.565. The highest BCUT2D eigenvalue weighted by atomic mass is 32.1. The first-order valence-electron chi connectivity index (χ1n) is 5.54. The maximum atomic E-state index is 5.32. The number of aromatic nitrogens is 3. The van der Waals surface area contributed by atoms with Crippen LogP contribution in [0, 0.1) is 11.7 Å². The van der Waals surface area contributed by atoms with E-state index in [4.69, 9.17) is 16.6 Å². The van der Waals surface area contributed by atoms with Crippen LogP contribution in [0.4, 0.5) is 0 Å². The predicted octanol–water partition coefficient (Wildman–Crippen LogP) is 3.50. The zero-order chi connectivity index (χ0) is 12.5. The highest BCUT2D eigenvalue weighted by Gasteiger charge is 2.12. The van der Waals surface area contributed by atoms with Gasteiger partial charge in [0.2, 0.25) is 0 Å². The Morgan fingerprint density at radius 3 is 2.72 bits per heavy atom. The molecule has 90 valence electrons. The maximum Gasteiger partial charge on any atom is 0.200 e. The number of nitrogens with zero attached hydrogens (tertiary/aromatic N) is 2. The summed E-state index contributed by atoms with van der Waals surface area (Å²) in [6, 6.07) is 11.8. The quantitative estimate of drug-likeness (QED) is 0.715. The van der Waals surface area contributed by atoms with Crippen LogP contribution in [0.25, 0.3) is 17.1 Å². The second-order valence-electron chi connectivity index (χ2n) is 3.97. The normalized spacial score (nSPS) is 10.7. The van der Waals surface area contributed by atoms with Gasteiger partial charge in [-0.15, -0.1) is 0 Å². The molecule has 1 aromatic carbocycles. The zero-order valence-electron chi connectivity index (χ0n) is 9.75. The molecule has 0 fully saturated rings.